The van der Waals surface area contributed by atoms with Gasteiger partial charge in [-0.15, -0.1) is 0 Å². The zero-order valence-electron chi connectivity index (χ0n) is 16.9. The highest BCUT2D eigenvalue weighted by Crippen LogP contribution is 2.40. The molecule has 2 aromatic carbocycles. The van der Waals surface area contributed by atoms with Crippen LogP contribution in [0.5, 0.6) is 11.5 Å². The van der Waals surface area contributed by atoms with Gasteiger partial charge in [0, 0.05) is 17.5 Å². The Morgan fingerprint density at radius 2 is 0.960 bits per heavy atom. The van der Waals surface area contributed by atoms with Crippen molar-refractivity contribution in [3.8, 4) is 11.5 Å². The highest BCUT2D eigenvalue weighted by atomic mass is 16.3. The van der Waals surface area contributed by atoms with Crippen LogP contribution in [-0.2, 0) is 17.3 Å². The number of rotatable bonds is 2. The van der Waals surface area contributed by atoms with Gasteiger partial charge >= 0.3 is 0 Å². The Bertz CT molecular complexity index is 720. The molecule has 0 amide bonds. The lowest BCUT2D eigenvalue weighted by Gasteiger charge is -2.26. The summed E-state index contributed by atoms with van der Waals surface area (Å²) in [4.78, 5) is 0. The summed E-state index contributed by atoms with van der Waals surface area (Å²) in [6.45, 7) is 16.7. The van der Waals surface area contributed by atoms with E-state index in [1.54, 1.807) is 0 Å². The van der Waals surface area contributed by atoms with Crippen LogP contribution >= 0.6 is 0 Å². The van der Waals surface area contributed by atoms with Gasteiger partial charge in [-0.1, -0.05) is 65.8 Å². The first-order chi connectivity index (χ1) is 11.3. The summed E-state index contributed by atoms with van der Waals surface area (Å²) in [6, 6.07) is 8.06. The maximum atomic E-state index is 10.9. The van der Waals surface area contributed by atoms with Gasteiger partial charge in [0.15, 0.2) is 0 Å². The molecule has 136 valence electrons. The average molecular weight is 341 g/mol. The van der Waals surface area contributed by atoms with Crippen molar-refractivity contribution in [1.29, 1.82) is 0 Å². The number of benzene rings is 2. The molecule has 0 aromatic heterocycles. The summed E-state index contributed by atoms with van der Waals surface area (Å²) in [6.07, 6.45) is 0.518. The molecule has 2 aromatic rings. The lowest BCUT2D eigenvalue weighted by molar-refractivity contribution is 0.434. The molecule has 2 rings (SSSR count). The Hall–Kier alpha value is -1.96. The molecule has 0 atom stereocenters. The van der Waals surface area contributed by atoms with E-state index in [1.165, 1.54) is 0 Å². The van der Waals surface area contributed by atoms with Crippen molar-refractivity contribution in [3.63, 3.8) is 0 Å². The third kappa shape index (κ3) is 3.84. The van der Waals surface area contributed by atoms with Gasteiger partial charge in [-0.2, -0.15) is 0 Å². The zero-order chi connectivity index (χ0) is 19.2. The molecule has 0 aliphatic carbocycles. The highest BCUT2D eigenvalue weighted by Gasteiger charge is 2.25. The third-order valence-electron chi connectivity index (χ3n) is 4.82. The van der Waals surface area contributed by atoms with E-state index >= 15 is 0 Å². The fourth-order valence-corrected chi connectivity index (χ4v) is 3.85. The van der Waals surface area contributed by atoms with Gasteiger partial charge in [0.1, 0.15) is 11.5 Å². The summed E-state index contributed by atoms with van der Waals surface area (Å²) in [5.74, 6) is 0.703. The average Bonchev–Trinajstić information content (AvgIpc) is 2.41. The van der Waals surface area contributed by atoms with Crippen LogP contribution in [0.2, 0.25) is 0 Å². The quantitative estimate of drug-likeness (QED) is 0.714. The number of phenolic OH excluding ortho intramolecular Hbond substituents is 2. The van der Waals surface area contributed by atoms with Crippen molar-refractivity contribution < 1.29 is 10.2 Å². The van der Waals surface area contributed by atoms with Crippen LogP contribution in [0.1, 0.15) is 74.9 Å². The Balaban J connectivity index is 2.56. The van der Waals surface area contributed by atoms with E-state index in [1.807, 2.05) is 26.0 Å². The van der Waals surface area contributed by atoms with Gasteiger partial charge in [-0.25, -0.2) is 0 Å². The minimum absolute atomic E-state index is 0.129. The molecule has 2 nitrogen and oxygen atoms in total. The van der Waals surface area contributed by atoms with E-state index in [2.05, 4.69) is 53.7 Å². The van der Waals surface area contributed by atoms with E-state index in [9.17, 15) is 10.2 Å². The van der Waals surface area contributed by atoms with E-state index in [-0.39, 0.29) is 10.8 Å². The van der Waals surface area contributed by atoms with Gasteiger partial charge in [0.05, 0.1) is 0 Å². The van der Waals surface area contributed by atoms with Gasteiger partial charge in [-0.3, -0.25) is 0 Å². The number of hydrogen-bond acceptors (Lipinski definition) is 2. The molecule has 0 heterocycles. The number of hydrogen-bond donors (Lipinski definition) is 2. The second kappa shape index (κ2) is 6.40. The largest absolute Gasteiger partial charge is 0.507 e. The Morgan fingerprint density at radius 1 is 0.640 bits per heavy atom. The molecule has 25 heavy (non-hydrogen) atoms. The van der Waals surface area contributed by atoms with E-state index in [4.69, 9.17) is 0 Å². The molecule has 0 fully saturated rings. The maximum absolute atomic E-state index is 10.9. The lowest BCUT2D eigenvalue weighted by atomic mass is 9.80. The standard InChI is InChI=1S/C23H32O2/c1-14-9-11-16(20(24)18(14)22(3,4)5)13-17-12-10-15(2)19(21(17)25)23(6,7)8/h9-12,24-25H,13H2,1-8H3. The molecule has 0 aliphatic heterocycles. The van der Waals surface area contributed by atoms with Crippen molar-refractivity contribution >= 4 is 0 Å². The number of aryl methyl sites for hydroxylation is 2. The monoisotopic (exact) mass is 340 g/mol. The highest BCUT2D eigenvalue weighted by molar-refractivity contribution is 5.54. The van der Waals surface area contributed by atoms with Gasteiger partial charge in [0.2, 0.25) is 0 Å². The van der Waals surface area contributed by atoms with Gasteiger partial charge in [-0.05, 0) is 46.9 Å². The minimum atomic E-state index is -0.129. The van der Waals surface area contributed by atoms with Crippen molar-refractivity contribution in [3.05, 3.63) is 57.6 Å². The summed E-state index contributed by atoms with van der Waals surface area (Å²) in [5, 5.41) is 21.7. The molecule has 0 aliphatic rings. The summed E-state index contributed by atoms with van der Waals surface area (Å²) >= 11 is 0. The summed E-state index contributed by atoms with van der Waals surface area (Å²) in [5.41, 5.74) is 5.60. The van der Waals surface area contributed by atoms with E-state index < -0.39 is 0 Å². The van der Waals surface area contributed by atoms with Crippen LogP contribution in [0, 0.1) is 13.8 Å². The van der Waals surface area contributed by atoms with Crippen molar-refractivity contribution in [2.45, 2.75) is 72.6 Å². The van der Waals surface area contributed by atoms with Crippen LogP contribution in [-0.4, -0.2) is 10.2 Å². The normalized spacial score (nSPS) is 12.5. The zero-order valence-corrected chi connectivity index (χ0v) is 16.9. The molecule has 0 spiro atoms. The maximum Gasteiger partial charge on any atom is 0.123 e. The second-order valence-electron chi connectivity index (χ2n) is 9.21. The first-order valence-electron chi connectivity index (χ1n) is 8.98. The fraction of sp³-hybridized carbons (Fsp3) is 0.478. The molecule has 2 heteroatoms. The van der Waals surface area contributed by atoms with Crippen LogP contribution in [0.3, 0.4) is 0 Å². The Labute approximate surface area is 152 Å². The molecule has 2 N–H and O–H groups in total. The van der Waals surface area contributed by atoms with Gasteiger partial charge in [0.25, 0.3) is 0 Å². The molecule has 0 bridgehead atoms. The van der Waals surface area contributed by atoms with E-state index in [0.717, 1.165) is 33.4 Å². The molecular formula is C23H32O2. The number of phenols is 2. The summed E-state index contributed by atoms with van der Waals surface area (Å²) < 4.78 is 0. The Morgan fingerprint density at radius 3 is 1.24 bits per heavy atom. The molecule has 0 saturated carbocycles. The predicted octanol–water partition coefficient (Wildman–Crippen LogP) is 5.90. The van der Waals surface area contributed by atoms with E-state index in [0.29, 0.717) is 17.9 Å². The first kappa shape index (κ1) is 19.4. The van der Waals surface area contributed by atoms with Crippen molar-refractivity contribution in [1.82, 2.24) is 0 Å². The van der Waals surface area contributed by atoms with Crippen LogP contribution in [0.4, 0.5) is 0 Å². The third-order valence-corrected chi connectivity index (χ3v) is 4.82. The number of aromatic hydroxyl groups is 2. The van der Waals surface area contributed by atoms with Crippen molar-refractivity contribution in [2.75, 3.05) is 0 Å². The predicted molar refractivity (Wildman–Crippen MR) is 106 cm³/mol. The molecule has 0 saturated heterocycles. The first-order valence-corrected chi connectivity index (χ1v) is 8.98. The van der Waals surface area contributed by atoms with Crippen molar-refractivity contribution in [2.24, 2.45) is 0 Å². The molecule has 0 unspecified atom stereocenters. The SMILES string of the molecule is Cc1ccc(Cc2ccc(C)c(C(C)(C)C)c2O)c(O)c1C(C)(C)C. The molecule has 0 radical (unpaired) electrons. The second-order valence-corrected chi connectivity index (χ2v) is 9.21. The lowest BCUT2D eigenvalue weighted by Crippen LogP contribution is -2.15. The van der Waals surface area contributed by atoms with Gasteiger partial charge < -0.3 is 10.2 Å². The van der Waals surface area contributed by atoms with Crippen LogP contribution < -0.4 is 0 Å². The van der Waals surface area contributed by atoms with Crippen LogP contribution in [0.25, 0.3) is 0 Å². The minimum Gasteiger partial charge on any atom is -0.507 e. The molecular weight excluding hydrogens is 308 g/mol. The Kier molecular flexibility index (Phi) is 4.96. The van der Waals surface area contributed by atoms with Crippen LogP contribution in [0.15, 0.2) is 24.3 Å². The smallest absolute Gasteiger partial charge is 0.123 e. The topological polar surface area (TPSA) is 40.5 Å². The fourth-order valence-electron chi connectivity index (χ4n) is 3.85. The summed E-state index contributed by atoms with van der Waals surface area (Å²) in [7, 11) is 0.